The molecule has 0 saturated heterocycles. The molecular weight excluding hydrogens is 322 g/mol. The summed E-state index contributed by atoms with van der Waals surface area (Å²) in [4.78, 5) is 11.9. The highest BCUT2D eigenvalue weighted by Gasteiger charge is 2.07. The van der Waals surface area contributed by atoms with Gasteiger partial charge in [-0.2, -0.15) is 0 Å². The number of carbonyl (C=O) groups is 1. The molecule has 0 fully saturated rings. The number of rotatable bonds is 7. The fourth-order valence-electron chi connectivity index (χ4n) is 2.55. The lowest BCUT2D eigenvalue weighted by atomic mass is 10.1. The number of carbonyl (C=O) groups excluding carboxylic acids is 1. The Labute approximate surface area is 149 Å². The summed E-state index contributed by atoms with van der Waals surface area (Å²) in [6.45, 7) is 6.72. The monoisotopic (exact) mass is 345 g/mol. The molecule has 0 aliphatic carbocycles. The van der Waals surface area contributed by atoms with Crippen molar-refractivity contribution in [1.29, 1.82) is 0 Å². The summed E-state index contributed by atoms with van der Waals surface area (Å²) in [6.07, 6.45) is 1.69. The van der Waals surface area contributed by atoms with Gasteiger partial charge in [-0.1, -0.05) is 35.9 Å². The zero-order chi connectivity index (χ0) is 17.5. The predicted molar refractivity (Wildman–Crippen MR) is 98.9 cm³/mol. The van der Waals surface area contributed by atoms with Gasteiger partial charge in [0.2, 0.25) is 0 Å². The maximum atomic E-state index is 11.9. The zero-order valence-corrected chi connectivity index (χ0v) is 15.2. The first-order chi connectivity index (χ1) is 11.5. The van der Waals surface area contributed by atoms with Crippen LogP contribution in [-0.4, -0.2) is 19.1 Å². The van der Waals surface area contributed by atoms with Gasteiger partial charge in [-0.15, -0.1) is 0 Å². The van der Waals surface area contributed by atoms with Gasteiger partial charge < -0.3 is 10.1 Å². The number of ether oxygens (including phenoxy) is 1. The fraction of sp³-hybridized carbons (Fsp3) is 0.350. The Balaban J connectivity index is 1.73. The Kier molecular flexibility index (Phi) is 6.68. The van der Waals surface area contributed by atoms with Crippen LogP contribution in [0.5, 0.6) is 5.75 Å². The number of benzene rings is 2. The minimum Gasteiger partial charge on any atom is -0.483 e. The lowest BCUT2D eigenvalue weighted by molar-refractivity contribution is -0.123. The maximum absolute atomic E-state index is 11.9. The topological polar surface area (TPSA) is 38.3 Å². The van der Waals surface area contributed by atoms with Crippen LogP contribution in [0.3, 0.4) is 0 Å². The van der Waals surface area contributed by atoms with E-state index in [1.54, 1.807) is 0 Å². The first kappa shape index (κ1) is 18.3. The van der Waals surface area contributed by atoms with Crippen molar-refractivity contribution in [3.8, 4) is 5.75 Å². The highest BCUT2D eigenvalue weighted by Crippen LogP contribution is 2.23. The summed E-state index contributed by atoms with van der Waals surface area (Å²) in [5, 5.41) is 3.66. The molecule has 0 bridgehead atoms. The molecule has 0 saturated carbocycles. The van der Waals surface area contributed by atoms with Gasteiger partial charge in [-0.05, 0) is 68.0 Å². The average molecular weight is 346 g/mol. The second kappa shape index (κ2) is 8.74. The van der Waals surface area contributed by atoms with Gasteiger partial charge >= 0.3 is 0 Å². The van der Waals surface area contributed by atoms with Crippen molar-refractivity contribution in [3.63, 3.8) is 0 Å². The molecule has 0 aliphatic rings. The first-order valence-electron chi connectivity index (χ1n) is 8.18. The summed E-state index contributed by atoms with van der Waals surface area (Å²) in [6, 6.07) is 11.9. The van der Waals surface area contributed by atoms with Gasteiger partial charge in [-0.25, -0.2) is 0 Å². The molecule has 24 heavy (non-hydrogen) atoms. The number of amides is 1. The Morgan fingerprint density at radius 3 is 2.67 bits per heavy atom. The summed E-state index contributed by atoms with van der Waals surface area (Å²) in [5.74, 6) is 0.673. The first-order valence-corrected chi connectivity index (χ1v) is 8.56. The zero-order valence-electron chi connectivity index (χ0n) is 14.5. The van der Waals surface area contributed by atoms with E-state index in [9.17, 15) is 4.79 Å². The summed E-state index contributed by atoms with van der Waals surface area (Å²) in [5.41, 5.74) is 4.49. The van der Waals surface area contributed by atoms with Crippen molar-refractivity contribution in [2.75, 3.05) is 13.2 Å². The van der Waals surface area contributed by atoms with Crippen LogP contribution in [0.2, 0.25) is 5.02 Å². The van der Waals surface area contributed by atoms with Gasteiger partial charge in [0.25, 0.3) is 5.91 Å². The van der Waals surface area contributed by atoms with Crippen LogP contribution in [-0.2, 0) is 11.2 Å². The second-order valence-electron chi connectivity index (χ2n) is 6.04. The average Bonchev–Trinajstić information content (AvgIpc) is 2.55. The maximum Gasteiger partial charge on any atom is 0.257 e. The van der Waals surface area contributed by atoms with Crippen molar-refractivity contribution in [2.24, 2.45) is 0 Å². The smallest absolute Gasteiger partial charge is 0.257 e. The largest absolute Gasteiger partial charge is 0.483 e. The standard InChI is InChI=1S/C20H24ClNO2/c1-14-11-15(2)16(3)19(12-14)24-13-20(23)22-10-6-8-17-7-4-5-9-18(17)21/h4-5,7,9,11-12H,6,8,10,13H2,1-3H3,(H,22,23). The van der Waals surface area contributed by atoms with E-state index in [4.69, 9.17) is 16.3 Å². The number of hydrogen-bond acceptors (Lipinski definition) is 2. The Morgan fingerprint density at radius 2 is 1.92 bits per heavy atom. The van der Waals surface area contributed by atoms with Gasteiger partial charge in [-0.3, -0.25) is 4.79 Å². The molecule has 1 amide bonds. The van der Waals surface area contributed by atoms with E-state index < -0.39 is 0 Å². The highest BCUT2D eigenvalue weighted by atomic mass is 35.5. The van der Waals surface area contributed by atoms with E-state index in [0.29, 0.717) is 6.54 Å². The predicted octanol–water partition coefficient (Wildman–Crippen LogP) is 4.39. The number of aryl methyl sites for hydroxylation is 3. The van der Waals surface area contributed by atoms with Crippen molar-refractivity contribution in [3.05, 3.63) is 63.7 Å². The van der Waals surface area contributed by atoms with E-state index in [0.717, 1.165) is 40.3 Å². The third kappa shape index (κ3) is 5.27. The van der Waals surface area contributed by atoms with E-state index in [2.05, 4.69) is 11.4 Å². The molecule has 4 heteroatoms. The third-order valence-corrected chi connectivity index (χ3v) is 4.39. The Morgan fingerprint density at radius 1 is 1.17 bits per heavy atom. The molecule has 0 aliphatic heterocycles. The molecule has 0 atom stereocenters. The fourth-order valence-corrected chi connectivity index (χ4v) is 2.78. The minimum atomic E-state index is -0.104. The van der Waals surface area contributed by atoms with E-state index in [1.807, 2.05) is 51.1 Å². The lowest BCUT2D eigenvalue weighted by Gasteiger charge is -2.12. The van der Waals surface area contributed by atoms with Crippen molar-refractivity contribution in [2.45, 2.75) is 33.6 Å². The molecule has 2 aromatic carbocycles. The number of nitrogens with one attached hydrogen (secondary N) is 1. The van der Waals surface area contributed by atoms with Crippen LogP contribution in [0.25, 0.3) is 0 Å². The molecule has 0 heterocycles. The molecule has 2 rings (SSSR count). The lowest BCUT2D eigenvalue weighted by Crippen LogP contribution is -2.30. The van der Waals surface area contributed by atoms with Crippen LogP contribution < -0.4 is 10.1 Å². The summed E-state index contributed by atoms with van der Waals surface area (Å²) < 4.78 is 5.66. The van der Waals surface area contributed by atoms with Crippen LogP contribution in [0.4, 0.5) is 0 Å². The SMILES string of the molecule is Cc1cc(C)c(C)c(OCC(=O)NCCCc2ccccc2Cl)c1. The molecule has 2 aromatic rings. The van der Waals surface area contributed by atoms with Crippen LogP contribution in [0.1, 0.15) is 28.7 Å². The van der Waals surface area contributed by atoms with E-state index in [1.165, 1.54) is 5.56 Å². The summed E-state index contributed by atoms with van der Waals surface area (Å²) >= 11 is 6.12. The number of hydrogen-bond donors (Lipinski definition) is 1. The molecule has 128 valence electrons. The van der Waals surface area contributed by atoms with Gasteiger partial charge in [0.1, 0.15) is 5.75 Å². The second-order valence-corrected chi connectivity index (χ2v) is 6.45. The molecule has 0 unspecified atom stereocenters. The molecule has 0 radical (unpaired) electrons. The Hall–Kier alpha value is -2.00. The number of halogens is 1. The summed E-state index contributed by atoms with van der Waals surface area (Å²) in [7, 11) is 0. The van der Waals surface area contributed by atoms with Crippen molar-refractivity contribution in [1.82, 2.24) is 5.32 Å². The normalized spacial score (nSPS) is 10.5. The molecular formula is C20H24ClNO2. The molecule has 1 N–H and O–H groups in total. The quantitative estimate of drug-likeness (QED) is 0.756. The minimum absolute atomic E-state index is 0.0375. The van der Waals surface area contributed by atoms with Crippen LogP contribution >= 0.6 is 11.6 Å². The van der Waals surface area contributed by atoms with E-state index >= 15 is 0 Å². The van der Waals surface area contributed by atoms with Gasteiger partial charge in [0, 0.05) is 11.6 Å². The Bertz CT molecular complexity index is 713. The molecule has 0 aromatic heterocycles. The molecule has 0 spiro atoms. The van der Waals surface area contributed by atoms with Crippen molar-refractivity contribution >= 4 is 17.5 Å². The highest BCUT2D eigenvalue weighted by molar-refractivity contribution is 6.31. The van der Waals surface area contributed by atoms with Gasteiger partial charge in [0.15, 0.2) is 6.61 Å². The van der Waals surface area contributed by atoms with Crippen LogP contribution in [0, 0.1) is 20.8 Å². The van der Waals surface area contributed by atoms with Crippen molar-refractivity contribution < 1.29 is 9.53 Å². The van der Waals surface area contributed by atoms with Gasteiger partial charge in [0.05, 0.1) is 0 Å². The van der Waals surface area contributed by atoms with E-state index in [-0.39, 0.29) is 12.5 Å². The molecule has 3 nitrogen and oxygen atoms in total. The van der Waals surface area contributed by atoms with Crippen LogP contribution in [0.15, 0.2) is 36.4 Å². The third-order valence-electron chi connectivity index (χ3n) is 4.03.